The topological polar surface area (TPSA) is 55.7 Å². The predicted octanol–water partition coefficient (Wildman–Crippen LogP) is 1.81. The minimum atomic E-state index is -0.624. The molecule has 1 aromatic rings. The van der Waals surface area contributed by atoms with Crippen molar-refractivity contribution in [3.05, 3.63) is 39.7 Å². The average Bonchev–Trinajstić information content (AvgIpc) is 2.87. The van der Waals surface area contributed by atoms with Crippen molar-refractivity contribution < 1.29 is 14.1 Å². The maximum absolute atomic E-state index is 13.1. The molecule has 4 nitrogen and oxygen atoms in total. The first-order chi connectivity index (χ1) is 6.18. The van der Waals surface area contributed by atoms with E-state index in [0.29, 0.717) is 12.2 Å². The number of hydrogen-bond acceptors (Lipinski definition) is 3. The monoisotopic (exact) mass is 183 g/mol. The molecule has 1 saturated heterocycles. The molecule has 13 heavy (non-hydrogen) atoms. The van der Waals surface area contributed by atoms with Crippen LogP contribution in [0.4, 0.5) is 10.1 Å². The van der Waals surface area contributed by atoms with E-state index < -0.39 is 10.7 Å². The second-order valence-electron chi connectivity index (χ2n) is 2.78. The first kappa shape index (κ1) is 8.12. The number of nitro groups is 1. The van der Waals surface area contributed by atoms with Gasteiger partial charge in [0, 0.05) is 11.6 Å². The molecule has 1 unspecified atom stereocenters. The summed E-state index contributed by atoms with van der Waals surface area (Å²) in [4.78, 5) is 9.63. The Morgan fingerprint density at radius 1 is 1.62 bits per heavy atom. The SMILES string of the molecule is O=[N+]([O-])c1ccc(C2CO2)c(F)c1. The van der Waals surface area contributed by atoms with Gasteiger partial charge in [0.25, 0.3) is 5.69 Å². The Morgan fingerprint density at radius 2 is 2.31 bits per heavy atom. The van der Waals surface area contributed by atoms with Gasteiger partial charge < -0.3 is 4.74 Å². The Morgan fingerprint density at radius 3 is 2.77 bits per heavy atom. The largest absolute Gasteiger partial charge is 0.368 e. The van der Waals surface area contributed by atoms with Crippen LogP contribution in [-0.4, -0.2) is 11.5 Å². The maximum atomic E-state index is 13.1. The number of nitro benzene ring substituents is 1. The van der Waals surface area contributed by atoms with E-state index in [2.05, 4.69) is 0 Å². The third-order valence-corrected chi connectivity index (χ3v) is 1.88. The summed E-state index contributed by atoms with van der Waals surface area (Å²) in [5.74, 6) is -0.572. The molecule has 2 rings (SSSR count). The number of benzene rings is 1. The summed E-state index contributed by atoms with van der Waals surface area (Å²) in [6.45, 7) is 0.495. The van der Waals surface area contributed by atoms with Gasteiger partial charge in [0.05, 0.1) is 17.6 Å². The number of rotatable bonds is 2. The van der Waals surface area contributed by atoms with Crippen LogP contribution in [0.3, 0.4) is 0 Å². The Labute approximate surface area is 73.1 Å². The lowest BCUT2D eigenvalue weighted by Gasteiger charge is -1.97. The second kappa shape index (κ2) is 2.77. The van der Waals surface area contributed by atoms with Crippen molar-refractivity contribution in [2.45, 2.75) is 6.10 Å². The quantitative estimate of drug-likeness (QED) is 0.399. The highest BCUT2D eigenvalue weighted by atomic mass is 19.1. The Balaban J connectivity index is 2.36. The lowest BCUT2D eigenvalue weighted by molar-refractivity contribution is -0.385. The Kier molecular flexibility index (Phi) is 1.73. The van der Waals surface area contributed by atoms with Crippen molar-refractivity contribution in [2.24, 2.45) is 0 Å². The van der Waals surface area contributed by atoms with Crippen LogP contribution in [0.2, 0.25) is 0 Å². The minimum absolute atomic E-state index is 0.208. The number of halogens is 1. The molecule has 5 heteroatoms. The first-order valence-corrected chi connectivity index (χ1v) is 3.74. The molecule has 0 saturated carbocycles. The molecule has 1 aromatic carbocycles. The molecule has 1 aliphatic heterocycles. The van der Waals surface area contributed by atoms with Gasteiger partial charge >= 0.3 is 0 Å². The van der Waals surface area contributed by atoms with Crippen molar-refractivity contribution in [2.75, 3.05) is 6.61 Å². The molecule has 0 radical (unpaired) electrons. The third kappa shape index (κ3) is 1.50. The van der Waals surface area contributed by atoms with Gasteiger partial charge in [-0.1, -0.05) is 0 Å². The van der Waals surface area contributed by atoms with Gasteiger partial charge in [0.15, 0.2) is 0 Å². The maximum Gasteiger partial charge on any atom is 0.272 e. The van der Waals surface area contributed by atoms with Gasteiger partial charge in [-0.3, -0.25) is 10.1 Å². The van der Waals surface area contributed by atoms with Crippen LogP contribution < -0.4 is 0 Å². The van der Waals surface area contributed by atoms with Gasteiger partial charge in [-0.2, -0.15) is 0 Å². The second-order valence-corrected chi connectivity index (χ2v) is 2.78. The normalized spacial score (nSPS) is 19.9. The molecule has 1 aliphatic rings. The summed E-state index contributed by atoms with van der Waals surface area (Å²) in [7, 11) is 0. The Hall–Kier alpha value is -1.49. The molecule has 0 N–H and O–H groups in total. The van der Waals surface area contributed by atoms with Crippen LogP contribution in [0.1, 0.15) is 11.7 Å². The molecule has 1 heterocycles. The predicted molar refractivity (Wildman–Crippen MR) is 41.7 cm³/mol. The summed E-state index contributed by atoms with van der Waals surface area (Å²) in [6, 6.07) is 3.59. The fraction of sp³-hybridized carbons (Fsp3) is 0.250. The van der Waals surface area contributed by atoms with Crippen LogP contribution in [-0.2, 0) is 4.74 Å². The van der Waals surface area contributed by atoms with E-state index in [1.807, 2.05) is 0 Å². The fourth-order valence-electron chi connectivity index (χ4n) is 1.12. The van der Waals surface area contributed by atoms with Gasteiger partial charge in [0.2, 0.25) is 0 Å². The van der Waals surface area contributed by atoms with E-state index in [1.165, 1.54) is 12.1 Å². The van der Waals surface area contributed by atoms with Crippen molar-refractivity contribution in [1.29, 1.82) is 0 Å². The smallest absolute Gasteiger partial charge is 0.272 e. The van der Waals surface area contributed by atoms with Gasteiger partial charge in [0.1, 0.15) is 11.9 Å². The highest BCUT2D eigenvalue weighted by Gasteiger charge is 2.28. The van der Waals surface area contributed by atoms with E-state index in [1.54, 1.807) is 0 Å². The highest BCUT2D eigenvalue weighted by Crippen LogP contribution is 2.32. The molecule has 0 bridgehead atoms. The average molecular weight is 183 g/mol. The summed E-state index contributed by atoms with van der Waals surface area (Å²) >= 11 is 0. The zero-order valence-corrected chi connectivity index (χ0v) is 6.57. The zero-order chi connectivity index (χ0) is 9.42. The third-order valence-electron chi connectivity index (χ3n) is 1.88. The minimum Gasteiger partial charge on any atom is -0.368 e. The molecular formula is C8H6FNO3. The number of hydrogen-bond donors (Lipinski definition) is 0. The molecule has 0 amide bonds. The first-order valence-electron chi connectivity index (χ1n) is 3.74. The van der Waals surface area contributed by atoms with E-state index >= 15 is 0 Å². The van der Waals surface area contributed by atoms with Crippen molar-refractivity contribution in [3.8, 4) is 0 Å². The molecule has 0 spiro atoms. The van der Waals surface area contributed by atoms with Gasteiger partial charge in [-0.05, 0) is 6.07 Å². The fourth-order valence-corrected chi connectivity index (χ4v) is 1.12. The molecule has 1 fully saturated rings. The van der Waals surface area contributed by atoms with Crippen LogP contribution in [0.15, 0.2) is 18.2 Å². The molecule has 68 valence electrons. The van der Waals surface area contributed by atoms with E-state index in [4.69, 9.17) is 4.74 Å². The van der Waals surface area contributed by atoms with Crippen LogP contribution in [0.25, 0.3) is 0 Å². The number of nitrogens with zero attached hydrogens (tertiary/aromatic N) is 1. The van der Waals surface area contributed by atoms with Crippen LogP contribution in [0.5, 0.6) is 0 Å². The molecular weight excluding hydrogens is 177 g/mol. The van der Waals surface area contributed by atoms with Crippen LogP contribution in [0, 0.1) is 15.9 Å². The van der Waals surface area contributed by atoms with Crippen molar-refractivity contribution >= 4 is 5.69 Å². The lowest BCUT2D eigenvalue weighted by atomic mass is 10.1. The van der Waals surface area contributed by atoms with Crippen molar-refractivity contribution in [3.63, 3.8) is 0 Å². The molecule has 1 atom stereocenters. The Bertz CT molecular complexity index is 362. The lowest BCUT2D eigenvalue weighted by Crippen LogP contribution is -1.92. The number of epoxide rings is 1. The summed E-state index contributed by atoms with van der Waals surface area (Å²) in [6.07, 6.45) is -0.208. The van der Waals surface area contributed by atoms with E-state index in [0.717, 1.165) is 6.07 Å². The molecule has 0 aliphatic carbocycles. The number of ether oxygens (including phenoxy) is 1. The summed E-state index contributed by atoms with van der Waals surface area (Å²) < 4.78 is 18.0. The summed E-state index contributed by atoms with van der Waals surface area (Å²) in [5.41, 5.74) is 0.160. The highest BCUT2D eigenvalue weighted by molar-refractivity contribution is 5.36. The standard InChI is InChI=1S/C8H6FNO3/c9-7-3-5(10(11)12)1-2-6(7)8-4-13-8/h1-3,8H,4H2. The summed E-state index contributed by atoms with van der Waals surface area (Å²) in [5, 5.41) is 10.3. The van der Waals surface area contributed by atoms with E-state index in [9.17, 15) is 14.5 Å². The van der Waals surface area contributed by atoms with Crippen LogP contribution >= 0.6 is 0 Å². The zero-order valence-electron chi connectivity index (χ0n) is 6.57. The van der Waals surface area contributed by atoms with Gasteiger partial charge in [-0.15, -0.1) is 0 Å². The number of non-ortho nitro benzene ring substituents is 1. The van der Waals surface area contributed by atoms with Gasteiger partial charge in [-0.25, -0.2) is 4.39 Å². The molecule has 0 aromatic heterocycles. The van der Waals surface area contributed by atoms with Crippen molar-refractivity contribution in [1.82, 2.24) is 0 Å². The van der Waals surface area contributed by atoms with E-state index in [-0.39, 0.29) is 11.8 Å².